The van der Waals surface area contributed by atoms with E-state index in [1.807, 2.05) is 13.8 Å². The Kier molecular flexibility index (Phi) is 5.36. The summed E-state index contributed by atoms with van der Waals surface area (Å²) in [5.74, 6) is -0.437. The molecule has 0 radical (unpaired) electrons. The van der Waals surface area contributed by atoms with Gasteiger partial charge in [-0.2, -0.15) is 0 Å². The topological polar surface area (TPSA) is 67.4 Å². The normalized spacial score (nSPS) is 18.3. The first-order chi connectivity index (χ1) is 10.0. The lowest BCUT2D eigenvalue weighted by molar-refractivity contribution is -0.118. The smallest absolute Gasteiger partial charge is 0.341 e. The number of aryl methyl sites for hydroxylation is 1. The maximum absolute atomic E-state index is 12.3. The van der Waals surface area contributed by atoms with Crippen molar-refractivity contribution in [3.05, 3.63) is 16.0 Å². The fourth-order valence-electron chi connectivity index (χ4n) is 2.44. The van der Waals surface area contributed by atoms with Crippen LogP contribution in [-0.4, -0.2) is 31.1 Å². The van der Waals surface area contributed by atoms with E-state index in [9.17, 15) is 9.59 Å². The van der Waals surface area contributed by atoms with Crippen LogP contribution in [0, 0.1) is 13.8 Å². The van der Waals surface area contributed by atoms with Crippen LogP contribution in [0.1, 0.15) is 47.0 Å². The molecule has 1 fully saturated rings. The number of piperidine rings is 1. The Morgan fingerprint density at radius 3 is 2.76 bits per heavy atom. The van der Waals surface area contributed by atoms with Crippen LogP contribution in [0.15, 0.2) is 0 Å². The zero-order valence-electron chi connectivity index (χ0n) is 12.7. The zero-order chi connectivity index (χ0) is 15.4. The van der Waals surface area contributed by atoms with Gasteiger partial charge in [0, 0.05) is 4.88 Å². The molecule has 5 nitrogen and oxygen atoms in total. The molecule has 2 N–H and O–H groups in total. The molecule has 2 heterocycles. The number of thiophene rings is 1. The maximum Gasteiger partial charge on any atom is 0.341 e. The van der Waals surface area contributed by atoms with E-state index < -0.39 is 0 Å². The highest BCUT2D eigenvalue weighted by Gasteiger charge is 2.25. The second-order valence-electron chi connectivity index (χ2n) is 5.20. The SMILES string of the molecule is CCOC(=O)c1c(NC(=O)[C@@H]2CCCCN2)sc(C)c1C. The Balaban J connectivity index is 2.17. The molecular formula is C15H22N2O3S. The molecule has 1 aromatic rings. The van der Waals surface area contributed by atoms with Gasteiger partial charge in [0.2, 0.25) is 5.91 Å². The molecule has 2 rings (SSSR count). The van der Waals surface area contributed by atoms with Crippen molar-refractivity contribution in [3.8, 4) is 0 Å². The molecule has 1 aliphatic rings. The van der Waals surface area contributed by atoms with Crippen LogP contribution in [0.25, 0.3) is 0 Å². The van der Waals surface area contributed by atoms with Crippen LogP contribution in [0.5, 0.6) is 0 Å². The third-order valence-corrected chi connectivity index (χ3v) is 4.85. The van der Waals surface area contributed by atoms with E-state index in [0.717, 1.165) is 36.2 Å². The highest BCUT2D eigenvalue weighted by molar-refractivity contribution is 7.16. The molecule has 1 aromatic heterocycles. The van der Waals surface area contributed by atoms with Gasteiger partial charge < -0.3 is 15.4 Å². The molecule has 0 bridgehead atoms. The van der Waals surface area contributed by atoms with Crippen molar-refractivity contribution in [1.82, 2.24) is 5.32 Å². The summed E-state index contributed by atoms with van der Waals surface area (Å²) in [6.45, 7) is 6.79. The second kappa shape index (κ2) is 7.04. The van der Waals surface area contributed by atoms with Gasteiger partial charge in [0.15, 0.2) is 0 Å². The quantitative estimate of drug-likeness (QED) is 0.839. The summed E-state index contributed by atoms with van der Waals surface area (Å²) < 4.78 is 5.09. The highest BCUT2D eigenvalue weighted by atomic mass is 32.1. The number of rotatable bonds is 4. The average molecular weight is 310 g/mol. The molecule has 6 heteroatoms. The predicted molar refractivity (Wildman–Crippen MR) is 84.0 cm³/mol. The number of hydrogen-bond donors (Lipinski definition) is 2. The van der Waals surface area contributed by atoms with Gasteiger partial charge in [-0.1, -0.05) is 6.42 Å². The maximum atomic E-state index is 12.3. The van der Waals surface area contributed by atoms with Gasteiger partial charge in [0.1, 0.15) is 5.00 Å². The van der Waals surface area contributed by atoms with E-state index in [2.05, 4.69) is 10.6 Å². The number of nitrogens with one attached hydrogen (secondary N) is 2. The summed E-state index contributed by atoms with van der Waals surface area (Å²) in [6.07, 6.45) is 3.00. The lowest BCUT2D eigenvalue weighted by Gasteiger charge is -2.22. The molecule has 1 amide bonds. The molecule has 0 spiro atoms. The van der Waals surface area contributed by atoms with Crippen LogP contribution in [0.2, 0.25) is 0 Å². The monoisotopic (exact) mass is 310 g/mol. The van der Waals surface area contributed by atoms with Gasteiger partial charge in [-0.15, -0.1) is 11.3 Å². The molecule has 1 atom stereocenters. The number of esters is 1. The van der Waals surface area contributed by atoms with Crippen molar-refractivity contribution in [2.45, 2.75) is 46.1 Å². The predicted octanol–water partition coefficient (Wildman–Crippen LogP) is 2.62. The molecule has 116 valence electrons. The van der Waals surface area contributed by atoms with Gasteiger partial charge in [0.25, 0.3) is 0 Å². The van der Waals surface area contributed by atoms with Crippen LogP contribution < -0.4 is 10.6 Å². The Morgan fingerprint density at radius 1 is 1.38 bits per heavy atom. The molecule has 0 unspecified atom stereocenters. The largest absolute Gasteiger partial charge is 0.462 e. The highest BCUT2D eigenvalue weighted by Crippen LogP contribution is 2.33. The molecule has 1 aliphatic heterocycles. The fourth-order valence-corrected chi connectivity index (χ4v) is 3.49. The van der Waals surface area contributed by atoms with E-state index in [-0.39, 0.29) is 17.9 Å². The van der Waals surface area contributed by atoms with E-state index in [1.165, 1.54) is 11.3 Å². The first kappa shape index (κ1) is 16.0. The molecule has 21 heavy (non-hydrogen) atoms. The van der Waals surface area contributed by atoms with E-state index in [4.69, 9.17) is 4.74 Å². The summed E-state index contributed by atoms with van der Waals surface area (Å²) in [4.78, 5) is 25.4. The lowest BCUT2D eigenvalue weighted by atomic mass is 10.0. The van der Waals surface area contributed by atoms with Crippen molar-refractivity contribution in [2.75, 3.05) is 18.5 Å². The zero-order valence-corrected chi connectivity index (χ0v) is 13.6. The number of anilines is 1. The number of ether oxygens (including phenoxy) is 1. The molecule has 0 aromatic carbocycles. The van der Waals surface area contributed by atoms with Gasteiger partial charge >= 0.3 is 5.97 Å². The van der Waals surface area contributed by atoms with Crippen LogP contribution in [0.3, 0.4) is 0 Å². The van der Waals surface area contributed by atoms with Gasteiger partial charge in [-0.25, -0.2) is 4.79 Å². The summed E-state index contributed by atoms with van der Waals surface area (Å²) in [5.41, 5.74) is 1.37. The van der Waals surface area contributed by atoms with Crippen molar-refractivity contribution < 1.29 is 14.3 Å². The van der Waals surface area contributed by atoms with Crippen molar-refractivity contribution in [2.24, 2.45) is 0 Å². The average Bonchev–Trinajstić information content (AvgIpc) is 2.75. The minimum atomic E-state index is -0.369. The molecule has 0 saturated carbocycles. The molecule has 0 aliphatic carbocycles. The number of amides is 1. The van der Waals surface area contributed by atoms with Gasteiger partial charge in [-0.05, 0) is 45.7 Å². The summed E-state index contributed by atoms with van der Waals surface area (Å²) in [5, 5.41) is 6.71. The third kappa shape index (κ3) is 3.63. The first-order valence-corrected chi connectivity index (χ1v) is 8.17. The third-order valence-electron chi connectivity index (χ3n) is 3.73. The Hall–Kier alpha value is -1.40. The van der Waals surface area contributed by atoms with E-state index >= 15 is 0 Å². The Morgan fingerprint density at radius 2 is 2.14 bits per heavy atom. The minimum absolute atomic E-state index is 0.0681. The van der Waals surface area contributed by atoms with E-state index in [1.54, 1.807) is 6.92 Å². The van der Waals surface area contributed by atoms with Gasteiger partial charge in [0.05, 0.1) is 18.2 Å². The summed E-state index contributed by atoms with van der Waals surface area (Å²) in [7, 11) is 0. The molecule has 1 saturated heterocycles. The number of carbonyl (C=O) groups excluding carboxylic acids is 2. The standard InChI is InChI=1S/C15H22N2O3S/c1-4-20-15(19)12-9(2)10(3)21-14(12)17-13(18)11-7-5-6-8-16-11/h11,16H,4-8H2,1-3H3,(H,17,18)/t11-/m0/s1. The summed E-state index contributed by atoms with van der Waals surface area (Å²) in [6, 6.07) is -0.170. The number of hydrogen-bond acceptors (Lipinski definition) is 5. The molecular weight excluding hydrogens is 288 g/mol. The minimum Gasteiger partial charge on any atom is -0.462 e. The van der Waals surface area contributed by atoms with Crippen molar-refractivity contribution in [3.63, 3.8) is 0 Å². The van der Waals surface area contributed by atoms with Gasteiger partial charge in [-0.3, -0.25) is 4.79 Å². The number of carbonyl (C=O) groups is 2. The Bertz CT molecular complexity index is 533. The first-order valence-electron chi connectivity index (χ1n) is 7.36. The van der Waals surface area contributed by atoms with Crippen molar-refractivity contribution in [1.29, 1.82) is 0 Å². The van der Waals surface area contributed by atoms with Crippen LogP contribution in [0.4, 0.5) is 5.00 Å². The second-order valence-corrected chi connectivity index (χ2v) is 6.42. The summed E-state index contributed by atoms with van der Waals surface area (Å²) >= 11 is 1.43. The van der Waals surface area contributed by atoms with E-state index in [0.29, 0.717) is 17.2 Å². The lowest BCUT2D eigenvalue weighted by Crippen LogP contribution is -2.43. The van der Waals surface area contributed by atoms with Crippen LogP contribution >= 0.6 is 11.3 Å². The van der Waals surface area contributed by atoms with Crippen LogP contribution in [-0.2, 0) is 9.53 Å². The Labute approximate surface area is 129 Å². The fraction of sp³-hybridized carbons (Fsp3) is 0.600. The van der Waals surface area contributed by atoms with Crippen molar-refractivity contribution >= 4 is 28.2 Å².